The first-order valence-corrected chi connectivity index (χ1v) is 5.86. The first-order valence-electron chi connectivity index (χ1n) is 5.86. The second-order valence-corrected chi connectivity index (χ2v) is 4.45. The molecule has 0 aliphatic carbocycles. The van der Waals surface area contributed by atoms with Gasteiger partial charge in [-0.15, -0.1) is 0 Å². The topological polar surface area (TPSA) is 49.7 Å². The lowest BCUT2D eigenvalue weighted by atomic mass is 10.0. The maximum absolute atomic E-state index is 9.88. The summed E-state index contributed by atoms with van der Waals surface area (Å²) in [6.07, 6.45) is 0. The van der Waals surface area contributed by atoms with Gasteiger partial charge in [0.2, 0.25) is 0 Å². The molecule has 0 radical (unpaired) electrons. The number of benzene rings is 2. The van der Waals surface area contributed by atoms with Crippen molar-refractivity contribution >= 4 is 0 Å². The Morgan fingerprint density at radius 1 is 0.889 bits per heavy atom. The summed E-state index contributed by atoms with van der Waals surface area (Å²) in [7, 11) is 0. The van der Waals surface area contributed by atoms with Crippen LogP contribution in [0, 0.1) is 0 Å². The average molecular weight is 244 g/mol. The van der Waals surface area contributed by atoms with Crippen LogP contribution in [0.5, 0.6) is 23.0 Å². The number of phenols is 2. The monoisotopic (exact) mass is 244 g/mol. The maximum Gasteiger partial charge on any atom is 0.134 e. The van der Waals surface area contributed by atoms with E-state index in [1.807, 2.05) is 44.2 Å². The average Bonchev–Trinajstić information content (AvgIpc) is 2.28. The highest BCUT2D eigenvalue weighted by Crippen LogP contribution is 2.38. The molecule has 18 heavy (non-hydrogen) atoms. The molecule has 3 heteroatoms. The van der Waals surface area contributed by atoms with Crippen LogP contribution in [-0.4, -0.2) is 10.2 Å². The van der Waals surface area contributed by atoms with E-state index < -0.39 is 0 Å². The van der Waals surface area contributed by atoms with Gasteiger partial charge in [-0.25, -0.2) is 0 Å². The van der Waals surface area contributed by atoms with E-state index in [1.165, 1.54) is 12.1 Å². The minimum atomic E-state index is 0.0516. The van der Waals surface area contributed by atoms with Gasteiger partial charge in [0.05, 0.1) is 0 Å². The van der Waals surface area contributed by atoms with Crippen LogP contribution in [0.25, 0.3) is 0 Å². The number of hydrogen-bond donors (Lipinski definition) is 2. The van der Waals surface area contributed by atoms with Crippen LogP contribution >= 0.6 is 0 Å². The van der Waals surface area contributed by atoms with Crippen LogP contribution in [0.1, 0.15) is 25.3 Å². The van der Waals surface area contributed by atoms with E-state index in [9.17, 15) is 10.2 Å². The standard InChI is InChI=1S/C15H16O3/c1-10(2)15-13(16)8-12(9-14(15)17)18-11-6-4-3-5-7-11/h3-10,16-17H,1-2H3. The SMILES string of the molecule is CC(C)c1c(O)cc(Oc2ccccc2)cc1O. The largest absolute Gasteiger partial charge is 0.507 e. The number of hydrogen-bond acceptors (Lipinski definition) is 3. The molecule has 0 saturated carbocycles. The van der Waals surface area contributed by atoms with Crippen molar-refractivity contribution in [3.8, 4) is 23.0 Å². The lowest BCUT2D eigenvalue weighted by Gasteiger charge is -2.13. The first kappa shape index (κ1) is 12.3. The molecule has 0 amide bonds. The Bertz CT molecular complexity index is 510. The predicted molar refractivity (Wildman–Crippen MR) is 70.4 cm³/mol. The fourth-order valence-electron chi connectivity index (χ4n) is 1.87. The minimum absolute atomic E-state index is 0.0516. The molecule has 0 aromatic heterocycles. The molecule has 2 rings (SSSR count). The molecule has 2 aromatic carbocycles. The van der Waals surface area contributed by atoms with E-state index in [1.54, 1.807) is 0 Å². The summed E-state index contributed by atoms with van der Waals surface area (Å²) in [4.78, 5) is 0. The lowest BCUT2D eigenvalue weighted by molar-refractivity contribution is 0.418. The zero-order valence-corrected chi connectivity index (χ0v) is 10.4. The Morgan fingerprint density at radius 3 is 1.94 bits per heavy atom. The van der Waals surface area contributed by atoms with Gasteiger partial charge in [-0.3, -0.25) is 0 Å². The highest BCUT2D eigenvalue weighted by Gasteiger charge is 2.14. The third kappa shape index (κ3) is 2.56. The molecule has 0 atom stereocenters. The van der Waals surface area contributed by atoms with E-state index in [0.717, 1.165) is 0 Å². The molecule has 0 bridgehead atoms. The van der Waals surface area contributed by atoms with E-state index >= 15 is 0 Å². The lowest BCUT2D eigenvalue weighted by Crippen LogP contribution is -1.91. The summed E-state index contributed by atoms with van der Waals surface area (Å²) >= 11 is 0. The van der Waals surface area contributed by atoms with Gasteiger partial charge in [0.25, 0.3) is 0 Å². The molecule has 3 nitrogen and oxygen atoms in total. The highest BCUT2D eigenvalue weighted by molar-refractivity contribution is 5.51. The van der Waals surface area contributed by atoms with Crippen LogP contribution in [0.15, 0.2) is 42.5 Å². The number of rotatable bonds is 3. The van der Waals surface area contributed by atoms with Gasteiger partial charge in [-0.1, -0.05) is 32.0 Å². The van der Waals surface area contributed by atoms with E-state index in [-0.39, 0.29) is 17.4 Å². The molecule has 2 N–H and O–H groups in total. The van der Waals surface area contributed by atoms with Gasteiger partial charge in [-0.2, -0.15) is 0 Å². The quantitative estimate of drug-likeness (QED) is 0.857. The van der Waals surface area contributed by atoms with Crippen LogP contribution in [0.2, 0.25) is 0 Å². The molecule has 0 aliphatic rings. The van der Waals surface area contributed by atoms with Crippen LogP contribution in [-0.2, 0) is 0 Å². The van der Waals surface area contributed by atoms with Crippen LogP contribution < -0.4 is 4.74 Å². The third-order valence-electron chi connectivity index (χ3n) is 2.67. The van der Waals surface area contributed by atoms with Crippen molar-refractivity contribution in [2.75, 3.05) is 0 Å². The summed E-state index contributed by atoms with van der Waals surface area (Å²) in [6.45, 7) is 3.82. The number of para-hydroxylation sites is 1. The van der Waals surface area contributed by atoms with Gasteiger partial charge < -0.3 is 14.9 Å². The summed E-state index contributed by atoms with van der Waals surface area (Å²) < 4.78 is 5.55. The number of ether oxygens (including phenoxy) is 1. The Morgan fingerprint density at radius 2 is 1.44 bits per heavy atom. The van der Waals surface area contributed by atoms with Gasteiger partial charge in [0, 0.05) is 17.7 Å². The van der Waals surface area contributed by atoms with E-state index in [4.69, 9.17) is 4.74 Å². The Hall–Kier alpha value is -2.16. The van der Waals surface area contributed by atoms with Crippen molar-refractivity contribution in [2.24, 2.45) is 0 Å². The first-order chi connectivity index (χ1) is 8.58. The van der Waals surface area contributed by atoms with E-state index in [2.05, 4.69) is 0 Å². The Balaban J connectivity index is 2.31. The Labute approximate surface area is 106 Å². The smallest absolute Gasteiger partial charge is 0.134 e. The third-order valence-corrected chi connectivity index (χ3v) is 2.67. The maximum atomic E-state index is 9.88. The summed E-state index contributed by atoms with van der Waals surface area (Å²) in [5.41, 5.74) is 0.537. The second-order valence-electron chi connectivity index (χ2n) is 4.45. The molecule has 94 valence electrons. The summed E-state index contributed by atoms with van der Waals surface area (Å²) in [6, 6.07) is 12.3. The number of aromatic hydroxyl groups is 2. The second kappa shape index (κ2) is 5.00. The van der Waals surface area contributed by atoms with Crippen molar-refractivity contribution in [1.82, 2.24) is 0 Å². The normalized spacial score (nSPS) is 10.6. The van der Waals surface area contributed by atoms with Crippen molar-refractivity contribution in [3.05, 3.63) is 48.0 Å². The molecular weight excluding hydrogens is 228 g/mol. The van der Waals surface area contributed by atoms with E-state index in [0.29, 0.717) is 17.1 Å². The molecule has 0 unspecified atom stereocenters. The fourth-order valence-corrected chi connectivity index (χ4v) is 1.87. The zero-order chi connectivity index (χ0) is 13.1. The highest BCUT2D eigenvalue weighted by atomic mass is 16.5. The summed E-state index contributed by atoms with van der Waals surface area (Å²) in [5.74, 6) is 1.23. The Kier molecular flexibility index (Phi) is 3.42. The van der Waals surface area contributed by atoms with Gasteiger partial charge in [0.15, 0.2) is 0 Å². The predicted octanol–water partition coefficient (Wildman–Crippen LogP) is 4.01. The van der Waals surface area contributed by atoms with Crippen molar-refractivity contribution in [3.63, 3.8) is 0 Å². The van der Waals surface area contributed by atoms with Crippen LogP contribution in [0.4, 0.5) is 0 Å². The fraction of sp³-hybridized carbons (Fsp3) is 0.200. The molecular formula is C15H16O3. The molecule has 2 aromatic rings. The molecule has 0 spiro atoms. The van der Waals surface area contributed by atoms with Crippen molar-refractivity contribution < 1.29 is 14.9 Å². The van der Waals surface area contributed by atoms with Gasteiger partial charge in [0.1, 0.15) is 23.0 Å². The summed E-state index contributed by atoms with van der Waals surface area (Å²) in [5, 5.41) is 19.8. The molecule has 0 aliphatic heterocycles. The van der Waals surface area contributed by atoms with Gasteiger partial charge in [-0.05, 0) is 18.1 Å². The molecule has 0 heterocycles. The van der Waals surface area contributed by atoms with Crippen molar-refractivity contribution in [2.45, 2.75) is 19.8 Å². The van der Waals surface area contributed by atoms with Gasteiger partial charge >= 0.3 is 0 Å². The molecule has 0 fully saturated rings. The molecule has 0 saturated heterocycles. The van der Waals surface area contributed by atoms with Crippen molar-refractivity contribution in [1.29, 1.82) is 0 Å². The van der Waals surface area contributed by atoms with Crippen LogP contribution in [0.3, 0.4) is 0 Å². The number of phenolic OH excluding ortho intramolecular Hbond substituents is 2. The zero-order valence-electron chi connectivity index (χ0n) is 10.4. The minimum Gasteiger partial charge on any atom is -0.507 e.